The summed E-state index contributed by atoms with van der Waals surface area (Å²) in [5.74, 6) is -0.200. The number of benzene rings is 2. The number of rotatable bonds is 5. The van der Waals surface area contributed by atoms with Crippen LogP contribution in [-0.2, 0) is 0 Å². The first-order valence-corrected chi connectivity index (χ1v) is 6.95. The summed E-state index contributed by atoms with van der Waals surface area (Å²) in [7, 11) is 0. The van der Waals surface area contributed by atoms with Gasteiger partial charge in [-0.3, -0.25) is 0 Å². The summed E-state index contributed by atoms with van der Waals surface area (Å²) in [5, 5.41) is 0. The molecule has 0 fully saturated rings. The Morgan fingerprint density at radius 3 is 2.50 bits per heavy atom. The average Bonchev–Trinajstić information content (AvgIpc) is 2.45. The minimum atomic E-state index is -0.200. The second-order valence-electron chi connectivity index (χ2n) is 4.90. The fourth-order valence-electron chi connectivity index (χ4n) is 2.56. The largest absolute Gasteiger partial charge is 0.363 e. The van der Waals surface area contributed by atoms with Crippen molar-refractivity contribution in [3.63, 3.8) is 0 Å². The van der Waals surface area contributed by atoms with Crippen LogP contribution in [0.1, 0.15) is 24.1 Å². The van der Waals surface area contributed by atoms with Crippen LogP contribution in [0, 0.1) is 12.7 Å². The Hall–Kier alpha value is -1.87. The summed E-state index contributed by atoms with van der Waals surface area (Å²) < 4.78 is 14.0. The molecule has 2 rings (SSSR count). The number of hydrogen-bond donors (Lipinski definition) is 1. The summed E-state index contributed by atoms with van der Waals surface area (Å²) in [6.07, 6.45) is 0. The van der Waals surface area contributed by atoms with Crippen LogP contribution in [0.15, 0.2) is 48.5 Å². The van der Waals surface area contributed by atoms with Gasteiger partial charge in [0.15, 0.2) is 0 Å². The first-order chi connectivity index (χ1) is 9.67. The van der Waals surface area contributed by atoms with Crippen molar-refractivity contribution >= 4 is 5.69 Å². The monoisotopic (exact) mass is 272 g/mol. The van der Waals surface area contributed by atoms with Gasteiger partial charge in [-0.2, -0.15) is 0 Å². The third-order valence-electron chi connectivity index (χ3n) is 3.54. The molecule has 106 valence electrons. The van der Waals surface area contributed by atoms with E-state index in [9.17, 15) is 4.39 Å². The van der Waals surface area contributed by atoms with Crippen molar-refractivity contribution in [1.82, 2.24) is 0 Å². The molecule has 0 amide bonds. The van der Waals surface area contributed by atoms with E-state index < -0.39 is 0 Å². The average molecular weight is 272 g/mol. The Labute approximate surface area is 120 Å². The lowest BCUT2D eigenvalue weighted by molar-refractivity contribution is 0.562. The van der Waals surface area contributed by atoms with E-state index in [0.717, 1.165) is 12.2 Å². The molecule has 2 nitrogen and oxygen atoms in total. The molecular weight excluding hydrogens is 251 g/mol. The van der Waals surface area contributed by atoms with Gasteiger partial charge >= 0.3 is 0 Å². The van der Waals surface area contributed by atoms with Crippen LogP contribution >= 0.6 is 0 Å². The van der Waals surface area contributed by atoms with Crippen LogP contribution < -0.4 is 10.6 Å². The summed E-state index contributed by atoms with van der Waals surface area (Å²) in [6, 6.07) is 14.9. The molecule has 1 atom stereocenters. The lowest BCUT2D eigenvalue weighted by atomic mass is 10.0. The third kappa shape index (κ3) is 2.99. The SMILES string of the molecule is CCN(c1cccc(C)c1)C(CN)c1ccccc1F. The van der Waals surface area contributed by atoms with E-state index >= 15 is 0 Å². The van der Waals surface area contributed by atoms with Gasteiger partial charge in [-0.15, -0.1) is 0 Å². The van der Waals surface area contributed by atoms with Gasteiger partial charge in [0.2, 0.25) is 0 Å². The molecule has 0 bridgehead atoms. The molecule has 0 aliphatic rings. The zero-order chi connectivity index (χ0) is 14.5. The minimum absolute atomic E-state index is 0.150. The van der Waals surface area contributed by atoms with Crippen molar-refractivity contribution in [2.24, 2.45) is 5.73 Å². The van der Waals surface area contributed by atoms with Crippen molar-refractivity contribution in [2.75, 3.05) is 18.0 Å². The number of halogens is 1. The predicted octanol–water partition coefficient (Wildman–Crippen LogP) is 3.66. The highest BCUT2D eigenvalue weighted by Crippen LogP contribution is 2.28. The Morgan fingerprint density at radius 2 is 1.90 bits per heavy atom. The van der Waals surface area contributed by atoms with Crippen molar-refractivity contribution in [2.45, 2.75) is 19.9 Å². The number of aryl methyl sites for hydroxylation is 1. The number of hydrogen-bond acceptors (Lipinski definition) is 2. The van der Waals surface area contributed by atoms with Gasteiger partial charge in [0.05, 0.1) is 6.04 Å². The van der Waals surface area contributed by atoms with Crippen LogP contribution in [0.3, 0.4) is 0 Å². The molecule has 0 radical (unpaired) electrons. The Kier molecular flexibility index (Phi) is 4.74. The standard InChI is InChI=1S/C17H21FN2/c1-3-20(14-8-6-7-13(2)11-14)17(12-19)15-9-4-5-10-16(15)18/h4-11,17H,3,12,19H2,1-2H3. The molecule has 2 aromatic carbocycles. The van der Waals surface area contributed by atoms with E-state index in [0.29, 0.717) is 12.1 Å². The molecular formula is C17H21FN2. The van der Waals surface area contributed by atoms with E-state index in [2.05, 4.69) is 30.9 Å². The molecule has 0 saturated heterocycles. The van der Waals surface area contributed by atoms with Gasteiger partial charge < -0.3 is 10.6 Å². The van der Waals surface area contributed by atoms with Gasteiger partial charge in [-0.1, -0.05) is 30.3 Å². The maximum absolute atomic E-state index is 14.0. The summed E-state index contributed by atoms with van der Waals surface area (Å²) >= 11 is 0. The molecule has 3 heteroatoms. The van der Waals surface area contributed by atoms with Crippen LogP contribution in [0.5, 0.6) is 0 Å². The molecule has 0 aromatic heterocycles. The van der Waals surface area contributed by atoms with E-state index in [1.807, 2.05) is 24.3 Å². The fourth-order valence-corrected chi connectivity index (χ4v) is 2.56. The van der Waals surface area contributed by atoms with Gasteiger partial charge in [0, 0.05) is 24.3 Å². The van der Waals surface area contributed by atoms with Crippen LogP contribution in [-0.4, -0.2) is 13.1 Å². The molecule has 0 heterocycles. The van der Waals surface area contributed by atoms with Crippen LogP contribution in [0.2, 0.25) is 0 Å². The maximum Gasteiger partial charge on any atom is 0.128 e. The smallest absolute Gasteiger partial charge is 0.128 e. The lowest BCUT2D eigenvalue weighted by Gasteiger charge is -2.32. The normalized spacial score (nSPS) is 12.2. The van der Waals surface area contributed by atoms with Crippen molar-refractivity contribution < 1.29 is 4.39 Å². The second-order valence-corrected chi connectivity index (χ2v) is 4.90. The Balaban J connectivity index is 2.40. The maximum atomic E-state index is 14.0. The number of nitrogens with two attached hydrogens (primary N) is 1. The molecule has 0 spiro atoms. The second kappa shape index (κ2) is 6.53. The summed E-state index contributed by atoms with van der Waals surface area (Å²) in [4.78, 5) is 2.14. The summed E-state index contributed by atoms with van der Waals surface area (Å²) in [6.45, 7) is 5.27. The van der Waals surface area contributed by atoms with Crippen molar-refractivity contribution in [3.8, 4) is 0 Å². The van der Waals surface area contributed by atoms with Gasteiger partial charge in [-0.05, 0) is 37.6 Å². The molecule has 2 aromatic rings. The lowest BCUT2D eigenvalue weighted by Crippen LogP contribution is -2.34. The minimum Gasteiger partial charge on any atom is -0.363 e. The first-order valence-electron chi connectivity index (χ1n) is 6.95. The van der Waals surface area contributed by atoms with E-state index in [4.69, 9.17) is 5.73 Å². The molecule has 1 unspecified atom stereocenters. The van der Waals surface area contributed by atoms with Crippen molar-refractivity contribution in [1.29, 1.82) is 0 Å². The Morgan fingerprint density at radius 1 is 1.15 bits per heavy atom. The molecule has 0 aliphatic heterocycles. The third-order valence-corrected chi connectivity index (χ3v) is 3.54. The summed E-state index contributed by atoms with van der Waals surface area (Å²) in [5.41, 5.74) is 8.83. The van der Waals surface area contributed by atoms with Crippen LogP contribution in [0.4, 0.5) is 10.1 Å². The molecule has 20 heavy (non-hydrogen) atoms. The van der Waals surface area contributed by atoms with Crippen molar-refractivity contribution in [3.05, 3.63) is 65.5 Å². The van der Waals surface area contributed by atoms with Gasteiger partial charge in [0.1, 0.15) is 5.82 Å². The predicted molar refractivity (Wildman–Crippen MR) is 82.4 cm³/mol. The van der Waals surface area contributed by atoms with E-state index in [1.54, 1.807) is 6.07 Å². The topological polar surface area (TPSA) is 29.3 Å². The zero-order valence-electron chi connectivity index (χ0n) is 12.0. The number of likely N-dealkylation sites (N-methyl/N-ethyl adjacent to an activating group) is 1. The molecule has 0 aliphatic carbocycles. The van der Waals surface area contributed by atoms with E-state index in [-0.39, 0.29) is 11.9 Å². The number of nitrogens with zero attached hydrogens (tertiary/aromatic N) is 1. The van der Waals surface area contributed by atoms with Gasteiger partial charge in [0.25, 0.3) is 0 Å². The zero-order valence-corrected chi connectivity index (χ0v) is 12.0. The highest BCUT2D eigenvalue weighted by atomic mass is 19.1. The fraction of sp³-hybridized carbons (Fsp3) is 0.294. The molecule has 0 saturated carbocycles. The van der Waals surface area contributed by atoms with Gasteiger partial charge in [-0.25, -0.2) is 4.39 Å². The van der Waals surface area contributed by atoms with Crippen LogP contribution in [0.25, 0.3) is 0 Å². The quantitative estimate of drug-likeness (QED) is 0.900. The Bertz CT molecular complexity index is 568. The molecule has 2 N–H and O–H groups in total. The number of anilines is 1. The highest BCUT2D eigenvalue weighted by molar-refractivity contribution is 5.51. The highest BCUT2D eigenvalue weighted by Gasteiger charge is 2.21. The van der Waals surface area contributed by atoms with E-state index in [1.165, 1.54) is 11.6 Å². The first kappa shape index (κ1) is 14.5.